The van der Waals surface area contributed by atoms with Gasteiger partial charge < -0.3 is 1.43 Å². The molecule has 2 aromatic carbocycles. The van der Waals surface area contributed by atoms with E-state index in [0.717, 1.165) is 10.8 Å². The molecule has 6 nitrogen and oxygen atoms in total. The maximum Gasteiger partial charge on any atom is 1.00 e. The van der Waals surface area contributed by atoms with Gasteiger partial charge in [-0.25, -0.2) is 0 Å². The predicted octanol–water partition coefficient (Wildman–Crippen LogP) is 0.400. The Bertz CT molecular complexity index is 723. The van der Waals surface area contributed by atoms with E-state index in [1.54, 1.807) is 12.1 Å². The fourth-order valence-electron chi connectivity index (χ4n) is 1.53. The fraction of sp³-hybridized carbons (Fsp3) is 0.143. The van der Waals surface area contributed by atoms with Gasteiger partial charge >= 0.3 is 39.7 Å². The van der Waals surface area contributed by atoms with Gasteiger partial charge in [-0.2, -0.15) is 28.0 Å². The third kappa shape index (κ3) is 5.60. The van der Waals surface area contributed by atoms with Crippen LogP contribution in [0.15, 0.2) is 69.7 Å². The quantitative estimate of drug-likeness (QED) is 0.452. The zero-order chi connectivity index (χ0) is 15.3. The predicted molar refractivity (Wildman–Crippen MR) is 80.1 cm³/mol. The number of azo groups is 1. The molecule has 0 aliphatic heterocycles. The van der Waals surface area contributed by atoms with Gasteiger partial charge in [0.15, 0.2) is 0 Å². The summed E-state index contributed by atoms with van der Waals surface area (Å²) in [5, 5.41) is 9.22. The van der Waals surface area contributed by atoms with Gasteiger partial charge in [0, 0.05) is 14.1 Å². The van der Waals surface area contributed by atoms with Crippen LogP contribution in [0.1, 0.15) is 1.43 Å². The van der Waals surface area contributed by atoms with Gasteiger partial charge in [-0.15, -0.1) is 0 Å². The Balaban J connectivity index is 0.00000242. The molecule has 2 aromatic rings. The molecule has 0 aromatic heterocycles. The third-order valence-electron chi connectivity index (χ3n) is 2.41. The Kier molecular flexibility index (Phi) is 7.34. The number of hydrogen-bond acceptors (Lipinski definition) is 6. The van der Waals surface area contributed by atoms with Crippen LogP contribution in [0.3, 0.4) is 0 Å². The Morgan fingerprint density at radius 3 is 1.91 bits per heavy atom. The Morgan fingerprint density at radius 2 is 1.41 bits per heavy atom. The van der Waals surface area contributed by atoms with Crippen molar-refractivity contribution in [2.45, 2.75) is 4.90 Å². The van der Waals surface area contributed by atoms with Crippen LogP contribution in [0.2, 0.25) is 0 Å². The van der Waals surface area contributed by atoms with Crippen LogP contribution in [0, 0.1) is 0 Å². The summed E-state index contributed by atoms with van der Waals surface area (Å²) in [7, 11) is -0.790. The first-order chi connectivity index (χ1) is 9.97. The van der Waals surface area contributed by atoms with Gasteiger partial charge in [-0.05, 0) is 36.4 Å². The summed E-state index contributed by atoms with van der Waals surface area (Å²) in [6.45, 7) is 0. The van der Waals surface area contributed by atoms with Gasteiger partial charge in [0.2, 0.25) is 0 Å². The van der Waals surface area contributed by atoms with Gasteiger partial charge in [-0.1, -0.05) is 18.2 Å². The van der Waals surface area contributed by atoms with E-state index in [0.29, 0.717) is 5.69 Å². The first-order valence-corrected chi connectivity index (χ1v) is 7.57. The Morgan fingerprint density at radius 1 is 0.909 bits per heavy atom. The second-order valence-corrected chi connectivity index (χ2v) is 5.90. The van der Waals surface area contributed by atoms with Crippen molar-refractivity contribution in [3.05, 3.63) is 54.6 Å². The summed E-state index contributed by atoms with van der Waals surface area (Å²) < 4.78 is 28.4. The minimum Gasteiger partial charge on any atom is -1.00 e. The van der Waals surface area contributed by atoms with Gasteiger partial charge in [-0.3, -0.25) is 0 Å². The molecule has 22 heavy (non-hydrogen) atoms. The zero-order valence-electron chi connectivity index (χ0n) is 13.7. The molecule has 0 unspecified atom stereocenters. The molecule has 0 aliphatic rings. The van der Waals surface area contributed by atoms with E-state index in [9.17, 15) is 8.42 Å². The second-order valence-electron chi connectivity index (χ2n) is 4.37. The molecule has 0 aliphatic carbocycles. The van der Waals surface area contributed by atoms with Crippen molar-refractivity contribution in [3.63, 3.8) is 0 Å². The van der Waals surface area contributed by atoms with E-state index in [-0.39, 0.29) is 35.9 Å². The summed E-state index contributed by atoms with van der Waals surface area (Å²) in [5.74, 6) is 0. The smallest absolute Gasteiger partial charge is 1.00 e. The Hall–Kier alpha value is -1.09. The van der Waals surface area contributed by atoms with Crippen LogP contribution in [-0.2, 0) is 14.4 Å². The molecule has 0 atom stereocenters. The van der Waals surface area contributed by atoms with Crippen LogP contribution >= 0.6 is 0 Å². The maximum absolute atomic E-state index is 11.8. The number of benzene rings is 2. The van der Waals surface area contributed by atoms with Crippen LogP contribution < -0.4 is 29.6 Å². The first-order valence-electron chi connectivity index (χ1n) is 6.16. The van der Waals surface area contributed by atoms with Crippen molar-refractivity contribution in [3.8, 4) is 0 Å². The van der Waals surface area contributed by atoms with E-state index in [1.165, 1.54) is 26.2 Å². The molecule has 0 fully saturated rings. The van der Waals surface area contributed by atoms with Crippen molar-refractivity contribution < 1.29 is 43.7 Å². The number of hydrogen-bond donors (Lipinski definition) is 0. The number of hydroxylamine groups is 2. The van der Waals surface area contributed by atoms with E-state index in [2.05, 4.69) is 10.2 Å². The van der Waals surface area contributed by atoms with Gasteiger partial charge in [0.05, 0.1) is 16.3 Å². The van der Waals surface area contributed by atoms with Crippen LogP contribution in [0.5, 0.6) is 0 Å². The average molecular weight is 329 g/mol. The summed E-state index contributed by atoms with van der Waals surface area (Å²) in [6, 6.07) is 15.3. The van der Waals surface area contributed by atoms with E-state index >= 15 is 0 Å². The van der Waals surface area contributed by atoms with Crippen molar-refractivity contribution in [1.29, 1.82) is 0 Å². The average Bonchev–Trinajstić information content (AvgIpc) is 2.45. The van der Waals surface area contributed by atoms with E-state index < -0.39 is 10.1 Å². The molecule has 0 spiro atoms. The monoisotopic (exact) mass is 329 g/mol. The van der Waals surface area contributed by atoms with Crippen LogP contribution in [0.25, 0.3) is 0 Å². The molecular formula is C14H16N3NaO3S. The minimum absolute atomic E-state index is 0. The summed E-state index contributed by atoms with van der Waals surface area (Å²) in [5.41, 5.74) is 1.28. The SMILES string of the molecule is CN(C)OS(=O)(=O)c1ccc(N=Nc2ccccc2)cc1.[H-].[Na+]. The summed E-state index contributed by atoms with van der Waals surface area (Å²) >= 11 is 0. The van der Waals surface area contributed by atoms with E-state index in [1.807, 2.05) is 30.3 Å². The molecule has 0 saturated carbocycles. The minimum atomic E-state index is -3.79. The molecule has 0 heterocycles. The number of nitrogens with zero attached hydrogens (tertiary/aromatic N) is 3. The van der Waals surface area contributed by atoms with Crippen molar-refractivity contribution in [1.82, 2.24) is 5.06 Å². The summed E-state index contributed by atoms with van der Waals surface area (Å²) in [4.78, 5) is 0.0647. The largest absolute Gasteiger partial charge is 1.00 e. The van der Waals surface area contributed by atoms with E-state index in [4.69, 9.17) is 4.28 Å². The standard InChI is InChI=1S/C14H15N3O3S.Na.H/c1-17(2)20-21(18,19)14-10-8-13(9-11-14)16-15-12-6-4-3-5-7-12;;/h3-11H,1-2H3;;/q;+1;-1. The maximum atomic E-state index is 11.8. The van der Waals surface area contributed by atoms with Gasteiger partial charge in [0.25, 0.3) is 0 Å². The zero-order valence-corrected chi connectivity index (χ0v) is 15.5. The van der Waals surface area contributed by atoms with Crippen molar-refractivity contribution >= 4 is 21.5 Å². The topological polar surface area (TPSA) is 71.3 Å². The third-order valence-corrected chi connectivity index (χ3v) is 3.75. The second kappa shape index (κ2) is 8.52. The van der Waals surface area contributed by atoms with Crippen LogP contribution in [0.4, 0.5) is 11.4 Å². The normalized spacial score (nSPS) is 11.6. The number of rotatable bonds is 5. The summed E-state index contributed by atoms with van der Waals surface area (Å²) in [6.07, 6.45) is 0. The van der Waals surface area contributed by atoms with Crippen molar-refractivity contribution in [2.75, 3.05) is 14.1 Å². The van der Waals surface area contributed by atoms with Crippen molar-refractivity contribution in [2.24, 2.45) is 10.2 Å². The molecule has 0 N–H and O–H groups in total. The first kappa shape index (κ1) is 19.0. The molecule has 0 amide bonds. The fourth-order valence-corrected chi connectivity index (χ4v) is 2.48. The molecule has 0 saturated heterocycles. The van der Waals surface area contributed by atoms with Crippen LogP contribution in [-0.4, -0.2) is 27.6 Å². The molecule has 112 valence electrons. The molecule has 0 radical (unpaired) electrons. The van der Waals surface area contributed by atoms with Gasteiger partial charge in [0.1, 0.15) is 0 Å². The molecular weight excluding hydrogens is 313 g/mol. The molecule has 8 heteroatoms. The molecule has 0 bridgehead atoms. The molecule has 2 rings (SSSR count). The Labute approximate surface area is 153 Å².